The Bertz CT molecular complexity index is 475. The van der Waals surface area contributed by atoms with Crippen molar-refractivity contribution in [3.8, 4) is 0 Å². The van der Waals surface area contributed by atoms with Crippen molar-refractivity contribution in [2.24, 2.45) is 0 Å². The van der Waals surface area contributed by atoms with Crippen LogP contribution < -0.4 is 15.5 Å². The van der Waals surface area contributed by atoms with Crippen LogP contribution in [-0.2, 0) is 16.0 Å². The molecule has 0 unspecified atom stereocenters. The summed E-state index contributed by atoms with van der Waals surface area (Å²) in [6.45, 7) is 5.05. The van der Waals surface area contributed by atoms with E-state index < -0.39 is 0 Å². The molecule has 1 aliphatic heterocycles. The van der Waals surface area contributed by atoms with Crippen molar-refractivity contribution < 1.29 is 9.59 Å². The molecule has 1 aliphatic rings. The van der Waals surface area contributed by atoms with Gasteiger partial charge in [-0.3, -0.25) is 14.5 Å². The molecule has 0 bridgehead atoms. The number of hydrogen-bond donors (Lipinski definition) is 2. The fourth-order valence-corrected chi connectivity index (χ4v) is 2.91. The molecule has 1 aromatic heterocycles. The summed E-state index contributed by atoms with van der Waals surface area (Å²) in [7, 11) is 0. The van der Waals surface area contributed by atoms with Crippen LogP contribution in [0.4, 0.5) is 5.13 Å². The van der Waals surface area contributed by atoms with E-state index in [4.69, 9.17) is 0 Å². The lowest BCUT2D eigenvalue weighted by molar-refractivity contribution is -0.120. The molecule has 0 atom stereocenters. The summed E-state index contributed by atoms with van der Waals surface area (Å²) in [5.41, 5.74) is 0.727. The lowest BCUT2D eigenvalue weighted by atomic mass is 10.3. The van der Waals surface area contributed by atoms with E-state index in [0.717, 1.165) is 31.7 Å². The van der Waals surface area contributed by atoms with Crippen LogP contribution in [0.3, 0.4) is 0 Å². The Hall–Kier alpha value is -1.47. The van der Waals surface area contributed by atoms with Crippen molar-refractivity contribution in [3.63, 3.8) is 0 Å². The van der Waals surface area contributed by atoms with Gasteiger partial charge in [0.05, 0.1) is 12.1 Å². The van der Waals surface area contributed by atoms with Crippen molar-refractivity contribution >= 4 is 28.3 Å². The zero-order valence-corrected chi connectivity index (χ0v) is 12.5. The van der Waals surface area contributed by atoms with Gasteiger partial charge in [-0.1, -0.05) is 6.92 Å². The van der Waals surface area contributed by atoms with E-state index in [2.05, 4.69) is 15.6 Å². The second kappa shape index (κ2) is 7.35. The van der Waals surface area contributed by atoms with Gasteiger partial charge in [-0.05, 0) is 13.0 Å². The minimum absolute atomic E-state index is 0.0347. The average molecular weight is 296 g/mol. The highest BCUT2D eigenvalue weighted by Gasteiger charge is 2.24. The lowest BCUT2D eigenvalue weighted by Crippen LogP contribution is -2.32. The van der Waals surface area contributed by atoms with E-state index >= 15 is 0 Å². The number of nitrogens with zero attached hydrogens (tertiary/aromatic N) is 2. The number of likely N-dealkylation sites (N-methyl/N-ethyl adjacent to an activating group) is 1. The summed E-state index contributed by atoms with van der Waals surface area (Å²) in [5.74, 6) is 0.0912. The smallest absolute Gasteiger partial charge is 0.228 e. The highest BCUT2D eigenvalue weighted by molar-refractivity contribution is 7.14. The highest BCUT2D eigenvalue weighted by atomic mass is 32.1. The topological polar surface area (TPSA) is 74.3 Å². The molecule has 20 heavy (non-hydrogen) atoms. The zero-order valence-electron chi connectivity index (χ0n) is 11.6. The summed E-state index contributed by atoms with van der Waals surface area (Å²) in [6, 6.07) is 0. The fourth-order valence-electron chi connectivity index (χ4n) is 2.05. The maximum absolute atomic E-state index is 11.7. The fraction of sp³-hybridized carbons (Fsp3) is 0.615. The number of aromatic nitrogens is 1. The zero-order chi connectivity index (χ0) is 14.4. The third-order valence-electron chi connectivity index (χ3n) is 3.06. The number of rotatable bonds is 7. The van der Waals surface area contributed by atoms with Crippen LogP contribution in [0.1, 0.15) is 25.5 Å². The first-order valence-corrected chi connectivity index (χ1v) is 7.81. The van der Waals surface area contributed by atoms with Gasteiger partial charge >= 0.3 is 0 Å². The second-order valence-corrected chi connectivity index (χ2v) is 5.49. The number of carbonyl (C=O) groups excluding carboxylic acids is 2. The minimum atomic E-state index is -0.0347. The Morgan fingerprint density at radius 1 is 1.50 bits per heavy atom. The maximum atomic E-state index is 11.7. The molecule has 2 N–H and O–H groups in total. The Morgan fingerprint density at radius 3 is 3.05 bits per heavy atom. The molecule has 6 nitrogen and oxygen atoms in total. The van der Waals surface area contributed by atoms with Gasteiger partial charge in [0.25, 0.3) is 0 Å². The first kappa shape index (κ1) is 14.9. The average Bonchev–Trinajstić information content (AvgIpc) is 3.03. The van der Waals surface area contributed by atoms with Crippen LogP contribution >= 0.6 is 11.3 Å². The summed E-state index contributed by atoms with van der Waals surface area (Å²) in [5, 5.41) is 8.54. The van der Waals surface area contributed by atoms with Gasteiger partial charge in [0, 0.05) is 31.4 Å². The van der Waals surface area contributed by atoms with Crippen LogP contribution in [0.2, 0.25) is 0 Å². The van der Waals surface area contributed by atoms with Gasteiger partial charge in [0.15, 0.2) is 5.13 Å². The van der Waals surface area contributed by atoms with Gasteiger partial charge < -0.3 is 10.6 Å². The largest absolute Gasteiger partial charge is 0.354 e. The summed E-state index contributed by atoms with van der Waals surface area (Å²) < 4.78 is 0. The normalized spacial score (nSPS) is 14.8. The standard InChI is InChI=1S/C13H20N4O2S/c1-2-14-5-6-15-11(18)8-10-9-20-13(16-10)17-7-3-4-12(17)19/h9,14H,2-8H2,1H3,(H,15,18). The predicted molar refractivity (Wildman–Crippen MR) is 79.0 cm³/mol. The van der Waals surface area contributed by atoms with Crippen molar-refractivity contribution in [3.05, 3.63) is 11.1 Å². The van der Waals surface area contributed by atoms with Gasteiger partial charge in [-0.25, -0.2) is 4.98 Å². The van der Waals surface area contributed by atoms with Gasteiger partial charge in [-0.15, -0.1) is 11.3 Å². The van der Waals surface area contributed by atoms with Gasteiger partial charge in [0.2, 0.25) is 11.8 Å². The van der Waals surface area contributed by atoms with Crippen LogP contribution in [-0.4, -0.2) is 43.0 Å². The van der Waals surface area contributed by atoms with E-state index in [0.29, 0.717) is 18.1 Å². The number of amides is 2. The molecule has 0 aliphatic carbocycles. The van der Waals surface area contributed by atoms with Gasteiger partial charge in [-0.2, -0.15) is 0 Å². The molecule has 110 valence electrons. The molecule has 0 aromatic carbocycles. The quantitative estimate of drug-likeness (QED) is 0.720. The molecule has 1 saturated heterocycles. The third kappa shape index (κ3) is 4.01. The van der Waals surface area contributed by atoms with Crippen LogP contribution in [0.5, 0.6) is 0 Å². The van der Waals surface area contributed by atoms with Gasteiger partial charge in [0.1, 0.15) is 0 Å². The number of thiazole rings is 1. The Balaban J connectivity index is 1.80. The molecule has 0 spiro atoms. The van der Waals surface area contributed by atoms with Crippen molar-refractivity contribution in [2.75, 3.05) is 31.1 Å². The third-order valence-corrected chi connectivity index (χ3v) is 3.97. The Morgan fingerprint density at radius 2 is 2.35 bits per heavy atom. The Kier molecular flexibility index (Phi) is 5.49. The highest BCUT2D eigenvalue weighted by Crippen LogP contribution is 2.25. The molecule has 1 fully saturated rings. The molecule has 2 rings (SSSR count). The summed E-state index contributed by atoms with van der Waals surface area (Å²) >= 11 is 1.43. The van der Waals surface area contributed by atoms with E-state index in [1.165, 1.54) is 11.3 Å². The Labute approximate surface area is 122 Å². The molecule has 1 aromatic rings. The molecule has 7 heteroatoms. The first-order valence-electron chi connectivity index (χ1n) is 6.93. The van der Waals surface area contributed by atoms with Crippen LogP contribution in [0, 0.1) is 0 Å². The number of nitrogens with one attached hydrogen (secondary N) is 2. The summed E-state index contributed by atoms with van der Waals surface area (Å²) in [6.07, 6.45) is 1.75. The van der Waals surface area contributed by atoms with Crippen LogP contribution in [0.15, 0.2) is 5.38 Å². The SMILES string of the molecule is CCNCCNC(=O)Cc1csc(N2CCCC2=O)n1. The molecular weight excluding hydrogens is 276 g/mol. The maximum Gasteiger partial charge on any atom is 0.228 e. The lowest BCUT2D eigenvalue weighted by Gasteiger charge is -2.10. The van der Waals surface area contributed by atoms with Crippen molar-refractivity contribution in [1.82, 2.24) is 15.6 Å². The molecule has 0 radical (unpaired) electrons. The molecule has 2 heterocycles. The first-order chi connectivity index (χ1) is 9.70. The van der Waals surface area contributed by atoms with E-state index in [1.807, 2.05) is 12.3 Å². The molecular formula is C13H20N4O2S. The molecule has 2 amide bonds. The van der Waals surface area contributed by atoms with Crippen LogP contribution in [0.25, 0.3) is 0 Å². The second-order valence-electron chi connectivity index (χ2n) is 4.65. The molecule has 0 saturated carbocycles. The minimum Gasteiger partial charge on any atom is -0.354 e. The number of anilines is 1. The van der Waals surface area contributed by atoms with Crippen molar-refractivity contribution in [1.29, 1.82) is 0 Å². The summed E-state index contributed by atoms with van der Waals surface area (Å²) in [4.78, 5) is 29.4. The number of hydrogen-bond acceptors (Lipinski definition) is 5. The van der Waals surface area contributed by atoms with E-state index in [-0.39, 0.29) is 18.2 Å². The van der Waals surface area contributed by atoms with Crippen molar-refractivity contribution in [2.45, 2.75) is 26.2 Å². The number of carbonyl (C=O) groups is 2. The predicted octanol–water partition coefficient (Wildman–Crippen LogP) is 0.538. The van der Waals surface area contributed by atoms with E-state index in [9.17, 15) is 9.59 Å². The van der Waals surface area contributed by atoms with E-state index in [1.54, 1.807) is 4.90 Å². The monoisotopic (exact) mass is 296 g/mol.